The maximum atomic E-state index is 14.6. The first-order valence-corrected chi connectivity index (χ1v) is 23.1. The Morgan fingerprint density at radius 2 is 1.66 bits per heavy atom. The molecule has 2 spiro atoms. The van der Waals surface area contributed by atoms with Gasteiger partial charge in [-0.3, -0.25) is 9.59 Å². The summed E-state index contributed by atoms with van der Waals surface area (Å²) < 4.78 is 50.7. The minimum atomic E-state index is -1.48. The van der Waals surface area contributed by atoms with Crippen molar-refractivity contribution in [3.63, 3.8) is 0 Å². The highest BCUT2D eigenvalue weighted by Gasteiger charge is 2.64. The molecule has 0 aromatic heterocycles. The smallest absolute Gasteiger partial charge is 0.461 e. The van der Waals surface area contributed by atoms with Gasteiger partial charge in [-0.25, -0.2) is 4.79 Å². The molecule has 0 aromatic carbocycles. The topological polar surface area (TPSA) is 192 Å². The van der Waals surface area contributed by atoms with Crippen LogP contribution in [0.15, 0.2) is 24.8 Å². The molecule has 0 radical (unpaired) electrons. The van der Waals surface area contributed by atoms with E-state index in [2.05, 4.69) is 13.5 Å². The Bertz CT molecular complexity index is 1560. The Kier molecular flexibility index (Phi) is 16.4. The number of rotatable bonds is 16. The van der Waals surface area contributed by atoms with Gasteiger partial charge in [0, 0.05) is 24.2 Å². The van der Waals surface area contributed by atoms with E-state index >= 15 is 0 Å². The van der Waals surface area contributed by atoms with Gasteiger partial charge in [0.1, 0.15) is 12.4 Å². The normalized spacial score (nSPS) is 40.2. The van der Waals surface area contributed by atoms with Crippen molar-refractivity contribution < 1.29 is 62.5 Å². The molecule has 61 heavy (non-hydrogen) atoms. The standard InChI is InChI=1S/C47H77NO13/c1-12-25-54-42(51)32(13-2)34-17-16-18-35(57-34)38(48)40(50)30(9)39(49)33(14-3)41-28(7)26-29(8)46(59-41)22-20-37(58-43(52)55-27(5)6)47(61-46)24-23-44(11,60-47)36-19-21-45(53,15-4)31(10)56-36/h12,20,22,27-38,40-41,50,53H,1,13-19,21,23-26,48H2,2-11H3. The van der Waals surface area contributed by atoms with Crippen molar-refractivity contribution in [2.45, 2.75) is 218 Å². The van der Waals surface area contributed by atoms with Gasteiger partial charge in [-0.2, -0.15) is 0 Å². The largest absolute Gasteiger partial charge is 0.509 e. The molecule has 5 heterocycles. The Labute approximate surface area is 363 Å². The molecule has 348 valence electrons. The second kappa shape index (κ2) is 20.2. The summed E-state index contributed by atoms with van der Waals surface area (Å²) in [4.78, 5) is 40.4. The van der Waals surface area contributed by atoms with Crippen LogP contribution < -0.4 is 5.73 Å². The molecule has 14 heteroatoms. The third-order valence-electron chi connectivity index (χ3n) is 14.6. The van der Waals surface area contributed by atoms with Gasteiger partial charge in [-0.05, 0) is 110 Å². The van der Waals surface area contributed by atoms with Crippen molar-refractivity contribution in [2.24, 2.45) is 35.3 Å². The van der Waals surface area contributed by atoms with E-state index in [1.165, 1.54) is 6.08 Å². The number of carbonyl (C=O) groups excluding carboxylic acids is 3. The highest BCUT2D eigenvalue weighted by Crippen LogP contribution is 2.54. The number of ether oxygens (including phenoxy) is 8. The average Bonchev–Trinajstić information content (AvgIpc) is 3.57. The van der Waals surface area contributed by atoms with Crippen LogP contribution in [0.1, 0.15) is 140 Å². The fourth-order valence-electron chi connectivity index (χ4n) is 10.6. The molecule has 17 unspecified atom stereocenters. The molecule has 5 aliphatic heterocycles. The number of esters is 1. The summed E-state index contributed by atoms with van der Waals surface area (Å²) >= 11 is 0. The number of hydrogen-bond acceptors (Lipinski definition) is 14. The van der Waals surface area contributed by atoms with E-state index in [0.717, 1.165) is 6.42 Å². The first kappa shape index (κ1) is 49.6. The van der Waals surface area contributed by atoms with Gasteiger partial charge in [0.05, 0.1) is 65.9 Å². The molecule has 5 aliphatic rings. The number of hydrogen-bond donors (Lipinski definition) is 3. The predicted molar refractivity (Wildman–Crippen MR) is 227 cm³/mol. The van der Waals surface area contributed by atoms with E-state index in [1.807, 2.05) is 41.5 Å². The first-order valence-electron chi connectivity index (χ1n) is 23.1. The summed E-state index contributed by atoms with van der Waals surface area (Å²) in [5.74, 6) is -5.57. The molecule has 4 saturated heterocycles. The molecular formula is C47H77NO13. The van der Waals surface area contributed by atoms with Crippen molar-refractivity contribution in [3.05, 3.63) is 24.8 Å². The van der Waals surface area contributed by atoms with Crippen molar-refractivity contribution in [1.29, 1.82) is 0 Å². The third-order valence-corrected chi connectivity index (χ3v) is 14.6. The second-order valence-corrected chi connectivity index (χ2v) is 19.2. The van der Waals surface area contributed by atoms with E-state index in [0.29, 0.717) is 64.2 Å². The summed E-state index contributed by atoms with van der Waals surface area (Å²) in [6, 6.07) is -0.874. The molecular weight excluding hydrogens is 787 g/mol. The first-order chi connectivity index (χ1) is 28.7. The lowest BCUT2D eigenvalue weighted by atomic mass is 9.73. The molecule has 0 aromatic rings. The van der Waals surface area contributed by atoms with E-state index in [4.69, 9.17) is 43.6 Å². The summed E-state index contributed by atoms with van der Waals surface area (Å²) in [6.07, 6.45) is 5.43. The summed E-state index contributed by atoms with van der Waals surface area (Å²) in [5.41, 5.74) is 4.93. The zero-order chi connectivity index (χ0) is 45.1. The predicted octanol–water partition coefficient (Wildman–Crippen LogP) is 6.85. The quantitative estimate of drug-likeness (QED) is 0.108. The minimum Gasteiger partial charge on any atom is -0.461 e. The van der Waals surface area contributed by atoms with Crippen LogP contribution in [0.4, 0.5) is 4.79 Å². The maximum absolute atomic E-state index is 14.6. The van der Waals surface area contributed by atoms with Crippen LogP contribution in [0.25, 0.3) is 0 Å². The van der Waals surface area contributed by atoms with Gasteiger partial charge in [0.15, 0.2) is 11.9 Å². The highest BCUT2D eigenvalue weighted by atomic mass is 16.8. The molecule has 5 rings (SSSR count). The Morgan fingerprint density at radius 3 is 2.28 bits per heavy atom. The molecule has 0 amide bonds. The Morgan fingerprint density at radius 1 is 0.967 bits per heavy atom. The SMILES string of the molecule is C=CCOC(=O)C(CC)C1CCCC(C(N)C(O)C(C)C(=O)C(CC)C2OC3(C=CC(OC(=O)OC(C)C)C4(CCC(C)(C5CCC(O)(CC)C(C)O5)O4)O3)C(C)CC2C)O1. The summed E-state index contributed by atoms with van der Waals surface area (Å²) in [5, 5.41) is 22.9. The van der Waals surface area contributed by atoms with Crippen LogP contribution in [0.3, 0.4) is 0 Å². The number of aliphatic hydroxyl groups is 2. The average molecular weight is 864 g/mol. The fraction of sp³-hybridized carbons (Fsp3) is 0.851. The van der Waals surface area contributed by atoms with Crippen LogP contribution in [0.2, 0.25) is 0 Å². The van der Waals surface area contributed by atoms with Gasteiger partial charge in [0.25, 0.3) is 0 Å². The zero-order valence-electron chi connectivity index (χ0n) is 38.5. The molecule has 0 bridgehead atoms. The minimum absolute atomic E-state index is 0.0612. The Balaban J connectivity index is 1.36. The number of aliphatic hydroxyl groups excluding tert-OH is 1. The lowest BCUT2D eigenvalue weighted by Gasteiger charge is -2.54. The van der Waals surface area contributed by atoms with Crippen LogP contribution in [0, 0.1) is 29.6 Å². The zero-order valence-corrected chi connectivity index (χ0v) is 38.5. The molecule has 4 fully saturated rings. The summed E-state index contributed by atoms with van der Waals surface area (Å²) in [7, 11) is 0. The number of Topliss-reactive ketones (excluding diaryl/α,β-unsaturated/α-hetero) is 1. The lowest BCUT2D eigenvalue weighted by Crippen LogP contribution is -2.63. The maximum Gasteiger partial charge on any atom is 0.509 e. The van der Waals surface area contributed by atoms with E-state index in [9.17, 15) is 24.6 Å². The van der Waals surface area contributed by atoms with Crippen molar-refractivity contribution >= 4 is 17.9 Å². The van der Waals surface area contributed by atoms with Crippen LogP contribution >= 0.6 is 0 Å². The second-order valence-electron chi connectivity index (χ2n) is 19.2. The molecule has 14 nitrogen and oxygen atoms in total. The van der Waals surface area contributed by atoms with Crippen LogP contribution in [-0.2, 0) is 47.5 Å². The Hall–Kier alpha value is -2.43. The fourth-order valence-corrected chi connectivity index (χ4v) is 10.6. The van der Waals surface area contributed by atoms with Crippen molar-refractivity contribution in [2.75, 3.05) is 6.61 Å². The number of carbonyl (C=O) groups is 3. The van der Waals surface area contributed by atoms with E-state index < -0.39 is 95.5 Å². The van der Waals surface area contributed by atoms with Gasteiger partial charge < -0.3 is 53.8 Å². The van der Waals surface area contributed by atoms with E-state index in [-0.39, 0.29) is 36.3 Å². The third kappa shape index (κ3) is 10.4. The molecule has 0 saturated carbocycles. The van der Waals surface area contributed by atoms with Crippen LogP contribution in [-0.4, -0.2) is 112 Å². The van der Waals surface area contributed by atoms with Crippen molar-refractivity contribution in [1.82, 2.24) is 0 Å². The number of nitrogens with two attached hydrogens (primary N) is 1. The highest BCUT2D eigenvalue weighted by molar-refractivity contribution is 5.84. The van der Waals surface area contributed by atoms with Crippen LogP contribution in [0.5, 0.6) is 0 Å². The van der Waals surface area contributed by atoms with Gasteiger partial charge in [-0.15, -0.1) is 0 Å². The monoisotopic (exact) mass is 864 g/mol. The van der Waals surface area contributed by atoms with E-state index in [1.54, 1.807) is 32.9 Å². The lowest BCUT2D eigenvalue weighted by molar-refractivity contribution is -0.408. The number of ketones is 1. The van der Waals surface area contributed by atoms with Gasteiger partial charge in [-0.1, -0.05) is 54.2 Å². The van der Waals surface area contributed by atoms with Crippen molar-refractivity contribution in [3.8, 4) is 0 Å². The summed E-state index contributed by atoms with van der Waals surface area (Å²) in [6.45, 7) is 22.7. The molecule has 4 N–H and O–H groups in total. The van der Waals surface area contributed by atoms with Gasteiger partial charge in [0.2, 0.25) is 5.79 Å². The molecule has 17 atom stereocenters. The molecule has 0 aliphatic carbocycles. The van der Waals surface area contributed by atoms with Gasteiger partial charge >= 0.3 is 12.1 Å².